The van der Waals surface area contributed by atoms with Crippen molar-refractivity contribution in [1.82, 2.24) is 14.5 Å². The van der Waals surface area contributed by atoms with Gasteiger partial charge in [-0.15, -0.1) is 0 Å². The quantitative estimate of drug-likeness (QED) is 0.698. The van der Waals surface area contributed by atoms with Gasteiger partial charge in [0.15, 0.2) is 5.69 Å². The van der Waals surface area contributed by atoms with E-state index in [-0.39, 0.29) is 24.4 Å². The normalized spacial score (nSPS) is 14.6. The Morgan fingerprint density at radius 2 is 1.86 bits per heavy atom. The Morgan fingerprint density at radius 3 is 2.52 bits per heavy atom. The molecule has 160 valence electrons. The zero-order valence-electron chi connectivity index (χ0n) is 16.1. The number of hydrogen-bond acceptors (Lipinski definition) is 4. The van der Waals surface area contributed by atoms with E-state index in [9.17, 15) is 21.6 Å². The number of ether oxygens (including phenoxy) is 1. The van der Waals surface area contributed by atoms with Crippen molar-refractivity contribution in [3.05, 3.63) is 46.8 Å². The SMILES string of the molecule is COc1ccc(CCS(=O)(=O)NCCn2nc(C(F)(F)F)c3c2CCCC3)cc1. The molecule has 0 radical (unpaired) electrons. The molecule has 0 bridgehead atoms. The third-order valence-electron chi connectivity index (χ3n) is 4.99. The van der Waals surface area contributed by atoms with Gasteiger partial charge in [-0.05, 0) is 49.8 Å². The van der Waals surface area contributed by atoms with Gasteiger partial charge in [-0.25, -0.2) is 13.1 Å². The lowest BCUT2D eigenvalue weighted by molar-refractivity contribution is -0.142. The number of sulfonamides is 1. The Hall–Kier alpha value is -2.07. The number of methoxy groups -OCH3 is 1. The molecule has 10 heteroatoms. The van der Waals surface area contributed by atoms with Gasteiger partial charge in [0, 0.05) is 17.8 Å². The lowest BCUT2D eigenvalue weighted by Gasteiger charge is -2.15. The molecular formula is C19H24F3N3O3S. The highest BCUT2D eigenvalue weighted by molar-refractivity contribution is 7.89. The van der Waals surface area contributed by atoms with Gasteiger partial charge in [-0.1, -0.05) is 12.1 Å². The van der Waals surface area contributed by atoms with Crippen molar-refractivity contribution in [2.24, 2.45) is 0 Å². The van der Waals surface area contributed by atoms with E-state index in [1.807, 2.05) is 0 Å². The number of nitrogens with zero attached hydrogens (tertiary/aromatic N) is 2. The van der Waals surface area contributed by atoms with E-state index in [0.717, 1.165) is 12.0 Å². The van der Waals surface area contributed by atoms with E-state index < -0.39 is 21.9 Å². The van der Waals surface area contributed by atoms with E-state index in [1.54, 1.807) is 31.4 Å². The molecular weight excluding hydrogens is 407 g/mol. The van der Waals surface area contributed by atoms with Crippen LogP contribution in [0.2, 0.25) is 0 Å². The first-order valence-corrected chi connectivity index (χ1v) is 11.1. The summed E-state index contributed by atoms with van der Waals surface area (Å²) in [6, 6.07) is 7.11. The molecule has 3 rings (SSSR count). The Kier molecular flexibility index (Phi) is 6.52. The van der Waals surface area contributed by atoms with E-state index in [0.29, 0.717) is 37.1 Å². The van der Waals surface area contributed by atoms with Crippen LogP contribution in [0.5, 0.6) is 5.75 Å². The first kappa shape index (κ1) is 21.6. The predicted molar refractivity (Wildman–Crippen MR) is 102 cm³/mol. The van der Waals surface area contributed by atoms with Crippen LogP contribution in [0.4, 0.5) is 13.2 Å². The summed E-state index contributed by atoms with van der Waals surface area (Å²) in [5, 5.41) is 3.74. The number of benzene rings is 1. The Labute approximate surface area is 168 Å². The standard InChI is InChI=1S/C19H24F3N3O3S/c1-28-15-8-6-14(7-9-15)10-13-29(26,27)23-11-12-25-17-5-3-2-4-16(17)18(24-25)19(20,21)22/h6-9,23H,2-5,10-13H2,1H3. The molecule has 2 aromatic rings. The largest absolute Gasteiger partial charge is 0.497 e. The molecule has 0 saturated carbocycles. The number of halogens is 3. The summed E-state index contributed by atoms with van der Waals surface area (Å²) in [5.74, 6) is 0.583. The fourth-order valence-corrected chi connectivity index (χ4v) is 4.56. The summed E-state index contributed by atoms with van der Waals surface area (Å²) in [6.07, 6.45) is -1.76. The van der Waals surface area contributed by atoms with Crippen molar-refractivity contribution >= 4 is 10.0 Å². The van der Waals surface area contributed by atoms with Gasteiger partial charge in [0.2, 0.25) is 10.0 Å². The maximum atomic E-state index is 13.2. The van der Waals surface area contributed by atoms with Gasteiger partial charge in [0.25, 0.3) is 0 Å². The van der Waals surface area contributed by atoms with Crippen LogP contribution in [0.15, 0.2) is 24.3 Å². The third-order valence-corrected chi connectivity index (χ3v) is 6.37. The number of hydrogen-bond donors (Lipinski definition) is 1. The molecule has 29 heavy (non-hydrogen) atoms. The molecule has 1 aromatic heterocycles. The highest BCUT2D eigenvalue weighted by atomic mass is 32.2. The van der Waals surface area contributed by atoms with Crippen molar-refractivity contribution in [3.8, 4) is 5.75 Å². The van der Waals surface area contributed by atoms with Gasteiger partial charge < -0.3 is 4.74 Å². The summed E-state index contributed by atoms with van der Waals surface area (Å²) in [5.41, 5.74) is 0.842. The zero-order chi connectivity index (χ0) is 21.1. The number of fused-ring (bicyclic) bond motifs is 1. The molecule has 1 aliphatic rings. The van der Waals surface area contributed by atoms with E-state index in [1.165, 1.54) is 4.68 Å². The van der Waals surface area contributed by atoms with E-state index in [2.05, 4.69) is 9.82 Å². The highest BCUT2D eigenvalue weighted by Gasteiger charge is 2.39. The molecule has 0 fully saturated rings. The zero-order valence-corrected chi connectivity index (χ0v) is 16.9. The number of nitrogens with one attached hydrogen (secondary N) is 1. The molecule has 1 heterocycles. The summed E-state index contributed by atoms with van der Waals surface area (Å²) in [6.45, 7) is 0.0660. The molecule has 1 aliphatic carbocycles. The Morgan fingerprint density at radius 1 is 1.17 bits per heavy atom. The van der Waals surface area contributed by atoms with E-state index >= 15 is 0 Å². The van der Waals surface area contributed by atoms with Crippen LogP contribution in [-0.4, -0.2) is 37.6 Å². The van der Waals surface area contributed by atoms with Gasteiger partial charge in [0.1, 0.15) is 5.75 Å². The van der Waals surface area contributed by atoms with Crippen molar-refractivity contribution in [2.45, 2.75) is 44.8 Å². The van der Waals surface area contributed by atoms with Crippen molar-refractivity contribution in [2.75, 3.05) is 19.4 Å². The smallest absolute Gasteiger partial charge is 0.435 e. The van der Waals surface area contributed by atoms with Crippen LogP contribution in [0.25, 0.3) is 0 Å². The highest BCUT2D eigenvalue weighted by Crippen LogP contribution is 2.35. The molecule has 6 nitrogen and oxygen atoms in total. The molecule has 0 amide bonds. The lowest BCUT2D eigenvalue weighted by atomic mass is 9.95. The lowest BCUT2D eigenvalue weighted by Crippen LogP contribution is -2.31. The number of alkyl halides is 3. The van der Waals surface area contributed by atoms with Crippen molar-refractivity contribution < 1.29 is 26.3 Å². The maximum absolute atomic E-state index is 13.2. The summed E-state index contributed by atoms with van der Waals surface area (Å²) >= 11 is 0. The van der Waals surface area contributed by atoms with Gasteiger partial charge in [-0.2, -0.15) is 18.3 Å². The third kappa shape index (κ3) is 5.51. The van der Waals surface area contributed by atoms with Gasteiger partial charge >= 0.3 is 6.18 Å². The Balaban J connectivity index is 1.58. The summed E-state index contributed by atoms with van der Waals surface area (Å²) < 4.78 is 72.9. The first-order chi connectivity index (χ1) is 13.7. The molecule has 0 spiro atoms. The van der Waals surface area contributed by atoms with Crippen LogP contribution >= 0.6 is 0 Å². The molecule has 1 aromatic carbocycles. The topological polar surface area (TPSA) is 73.2 Å². The van der Waals surface area contributed by atoms with E-state index in [4.69, 9.17) is 4.74 Å². The average Bonchev–Trinajstić information content (AvgIpc) is 3.06. The fraction of sp³-hybridized carbons (Fsp3) is 0.526. The average molecular weight is 431 g/mol. The van der Waals surface area contributed by atoms with Gasteiger partial charge in [0.05, 0.1) is 19.4 Å². The minimum atomic E-state index is -4.50. The minimum Gasteiger partial charge on any atom is -0.497 e. The second kappa shape index (κ2) is 8.74. The number of aromatic nitrogens is 2. The molecule has 0 atom stereocenters. The van der Waals surface area contributed by atoms with Crippen molar-refractivity contribution in [3.63, 3.8) is 0 Å². The number of aryl methyl sites for hydroxylation is 1. The van der Waals surface area contributed by atoms with Crippen LogP contribution in [0.3, 0.4) is 0 Å². The predicted octanol–water partition coefficient (Wildman–Crippen LogP) is 2.95. The van der Waals surface area contributed by atoms with Crippen LogP contribution < -0.4 is 9.46 Å². The maximum Gasteiger partial charge on any atom is 0.435 e. The van der Waals surface area contributed by atoms with Gasteiger partial charge in [-0.3, -0.25) is 4.68 Å². The van der Waals surface area contributed by atoms with Crippen LogP contribution in [0.1, 0.15) is 35.4 Å². The Bertz CT molecular complexity index is 938. The molecule has 0 saturated heterocycles. The second-order valence-electron chi connectivity index (χ2n) is 7.01. The van der Waals surface area contributed by atoms with Crippen LogP contribution in [-0.2, 0) is 42.0 Å². The second-order valence-corrected chi connectivity index (χ2v) is 8.94. The first-order valence-electron chi connectivity index (χ1n) is 9.45. The molecule has 0 aliphatic heterocycles. The summed E-state index contributed by atoms with van der Waals surface area (Å²) in [7, 11) is -2.00. The van der Waals surface area contributed by atoms with Crippen LogP contribution in [0, 0.1) is 0 Å². The van der Waals surface area contributed by atoms with Crippen molar-refractivity contribution in [1.29, 1.82) is 0 Å². The molecule has 0 unspecified atom stereocenters. The monoisotopic (exact) mass is 431 g/mol. The minimum absolute atomic E-state index is 0.00361. The number of rotatable bonds is 8. The summed E-state index contributed by atoms with van der Waals surface area (Å²) in [4.78, 5) is 0. The fourth-order valence-electron chi connectivity index (χ4n) is 3.51. The molecule has 1 N–H and O–H groups in total.